The molecule has 0 radical (unpaired) electrons. The molecule has 0 aliphatic rings. The summed E-state index contributed by atoms with van der Waals surface area (Å²) in [7, 11) is 3.64. The molecule has 2 N–H and O–H groups in total. The van der Waals surface area contributed by atoms with Crippen molar-refractivity contribution < 1.29 is 9.84 Å². The molecule has 0 fully saturated rings. The van der Waals surface area contributed by atoms with Crippen LogP contribution < -0.4 is 5.32 Å². The number of aliphatic hydroxyl groups is 1. The quantitative estimate of drug-likeness (QED) is 0.823. The molecule has 0 bridgehead atoms. The zero-order chi connectivity index (χ0) is 13.8. The second kappa shape index (κ2) is 6.14. The largest absolute Gasteiger partial charge is 0.395 e. The van der Waals surface area contributed by atoms with Crippen LogP contribution in [0.1, 0.15) is 18.8 Å². The number of aromatic nitrogens is 2. The molecule has 2 atom stereocenters. The molecule has 2 rings (SSSR count). The van der Waals surface area contributed by atoms with E-state index in [0.29, 0.717) is 6.61 Å². The van der Waals surface area contributed by atoms with Gasteiger partial charge in [-0.1, -0.05) is 12.1 Å². The number of methoxy groups -OCH3 is 1. The minimum atomic E-state index is -0.0835. The molecule has 0 spiro atoms. The fraction of sp³-hybridized carbons (Fsp3) is 0.500. The highest BCUT2D eigenvalue weighted by atomic mass is 16.5. The maximum absolute atomic E-state index is 9.29. The normalized spacial score (nSPS) is 14.7. The van der Waals surface area contributed by atoms with Crippen molar-refractivity contribution in [1.29, 1.82) is 0 Å². The topological polar surface area (TPSA) is 59.3 Å². The van der Waals surface area contributed by atoms with Gasteiger partial charge in [0.2, 0.25) is 0 Å². The molecule has 1 heterocycles. The lowest BCUT2D eigenvalue weighted by Gasteiger charge is -2.20. The summed E-state index contributed by atoms with van der Waals surface area (Å²) in [5.41, 5.74) is 2.10. The average molecular weight is 263 g/mol. The monoisotopic (exact) mass is 263 g/mol. The summed E-state index contributed by atoms with van der Waals surface area (Å²) in [6.07, 6.45) is 0. The molecule has 5 heteroatoms. The Bertz CT molecular complexity index is 538. The van der Waals surface area contributed by atoms with Gasteiger partial charge in [0.15, 0.2) is 0 Å². The van der Waals surface area contributed by atoms with Crippen molar-refractivity contribution in [3.8, 4) is 0 Å². The van der Waals surface area contributed by atoms with Crippen molar-refractivity contribution in [1.82, 2.24) is 14.9 Å². The Morgan fingerprint density at radius 1 is 1.42 bits per heavy atom. The van der Waals surface area contributed by atoms with E-state index in [1.54, 1.807) is 7.11 Å². The smallest absolute Gasteiger partial charge is 0.126 e. The number of benzene rings is 1. The third kappa shape index (κ3) is 2.94. The number of imidazole rings is 1. The minimum Gasteiger partial charge on any atom is -0.395 e. The molecule has 0 aliphatic heterocycles. The second-order valence-electron chi connectivity index (χ2n) is 4.74. The van der Waals surface area contributed by atoms with E-state index < -0.39 is 0 Å². The Kier molecular flexibility index (Phi) is 4.52. The number of para-hydroxylation sites is 2. The molecule has 0 aliphatic carbocycles. The van der Waals surface area contributed by atoms with Gasteiger partial charge < -0.3 is 19.7 Å². The number of hydrogen-bond donors (Lipinski definition) is 2. The van der Waals surface area contributed by atoms with Crippen LogP contribution in [0.2, 0.25) is 0 Å². The summed E-state index contributed by atoms with van der Waals surface area (Å²) in [4.78, 5) is 4.64. The first kappa shape index (κ1) is 14.0. The first-order valence-electron chi connectivity index (χ1n) is 6.44. The molecule has 2 unspecified atom stereocenters. The van der Waals surface area contributed by atoms with Crippen molar-refractivity contribution in [2.24, 2.45) is 7.05 Å². The molecule has 0 saturated carbocycles. The third-order valence-electron chi connectivity index (χ3n) is 3.28. The van der Waals surface area contributed by atoms with Crippen molar-refractivity contribution in [3.63, 3.8) is 0 Å². The standard InChI is InChI=1S/C14H21N3O2/c1-10(15-11(8-18)9-19-3)14-16-12-6-4-5-7-13(12)17(14)2/h4-7,10-11,15,18H,8-9H2,1-3H3. The van der Waals surface area contributed by atoms with Gasteiger partial charge in [0.1, 0.15) is 5.82 Å². The Labute approximate surface area is 113 Å². The van der Waals surface area contributed by atoms with E-state index in [4.69, 9.17) is 4.74 Å². The summed E-state index contributed by atoms with van der Waals surface area (Å²) in [6.45, 7) is 2.56. The summed E-state index contributed by atoms with van der Waals surface area (Å²) >= 11 is 0. The zero-order valence-corrected chi connectivity index (χ0v) is 11.6. The predicted molar refractivity (Wildman–Crippen MR) is 75.0 cm³/mol. The third-order valence-corrected chi connectivity index (χ3v) is 3.28. The van der Waals surface area contributed by atoms with Gasteiger partial charge in [-0.05, 0) is 19.1 Å². The highest BCUT2D eigenvalue weighted by molar-refractivity contribution is 5.75. The molecule has 0 amide bonds. The molecule has 1 aromatic carbocycles. The van der Waals surface area contributed by atoms with Crippen LogP contribution in [0.25, 0.3) is 11.0 Å². The van der Waals surface area contributed by atoms with Gasteiger partial charge in [-0.15, -0.1) is 0 Å². The molecular weight excluding hydrogens is 242 g/mol. The summed E-state index contributed by atoms with van der Waals surface area (Å²) < 4.78 is 7.15. The van der Waals surface area contributed by atoms with Gasteiger partial charge in [-0.3, -0.25) is 0 Å². The van der Waals surface area contributed by atoms with E-state index in [0.717, 1.165) is 16.9 Å². The van der Waals surface area contributed by atoms with Crippen LogP contribution in [0, 0.1) is 0 Å². The highest BCUT2D eigenvalue weighted by Crippen LogP contribution is 2.19. The SMILES string of the molecule is COCC(CO)NC(C)c1nc2ccccc2n1C. The summed E-state index contributed by atoms with van der Waals surface area (Å²) in [5, 5.41) is 12.6. The lowest BCUT2D eigenvalue weighted by atomic mass is 10.2. The fourth-order valence-corrected chi connectivity index (χ4v) is 2.33. The molecule has 19 heavy (non-hydrogen) atoms. The van der Waals surface area contributed by atoms with Gasteiger partial charge in [0.25, 0.3) is 0 Å². The molecule has 5 nitrogen and oxygen atoms in total. The number of nitrogens with one attached hydrogen (secondary N) is 1. The molecule has 2 aromatic rings. The number of aryl methyl sites for hydroxylation is 1. The Hall–Kier alpha value is -1.43. The highest BCUT2D eigenvalue weighted by Gasteiger charge is 2.17. The Morgan fingerprint density at radius 2 is 2.16 bits per heavy atom. The maximum atomic E-state index is 9.29. The molecule has 104 valence electrons. The van der Waals surface area contributed by atoms with E-state index in [1.165, 1.54) is 0 Å². The number of hydrogen-bond acceptors (Lipinski definition) is 4. The number of rotatable bonds is 6. The number of nitrogens with zero attached hydrogens (tertiary/aromatic N) is 2. The van der Waals surface area contributed by atoms with E-state index >= 15 is 0 Å². The second-order valence-corrected chi connectivity index (χ2v) is 4.74. The van der Waals surface area contributed by atoms with Crippen molar-refractivity contribution in [2.45, 2.75) is 19.0 Å². The van der Waals surface area contributed by atoms with Crippen LogP contribution in [-0.4, -0.2) is 41.0 Å². The number of aliphatic hydroxyl groups excluding tert-OH is 1. The van der Waals surface area contributed by atoms with Gasteiger partial charge in [0.05, 0.1) is 36.3 Å². The van der Waals surface area contributed by atoms with Crippen molar-refractivity contribution >= 4 is 11.0 Å². The van der Waals surface area contributed by atoms with Crippen LogP contribution in [0.3, 0.4) is 0 Å². The fourth-order valence-electron chi connectivity index (χ4n) is 2.33. The van der Waals surface area contributed by atoms with Crippen LogP contribution >= 0.6 is 0 Å². The maximum Gasteiger partial charge on any atom is 0.126 e. The van der Waals surface area contributed by atoms with Crippen LogP contribution in [-0.2, 0) is 11.8 Å². The van der Waals surface area contributed by atoms with E-state index in [1.807, 2.05) is 32.2 Å². The van der Waals surface area contributed by atoms with E-state index in [9.17, 15) is 5.11 Å². The van der Waals surface area contributed by atoms with Crippen molar-refractivity contribution in [2.75, 3.05) is 20.3 Å². The van der Waals surface area contributed by atoms with Gasteiger partial charge in [-0.2, -0.15) is 0 Å². The first-order valence-corrected chi connectivity index (χ1v) is 6.44. The van der Waals surface area contributed by atoms with Crippen LogP contribution in [0.4, 0.5) is 0 Å². The minimum absolute atomic E-state index is 0.0438. The Morgan fingerprint density at radius 3 is 2.79 bits per heavy atom. The molecular formula is C14H21N3O2. The average Bonchev–Trinajstić information content (AvgIpc) is 2.76. The summed E-state index contributed by atoms with van der Waals surface area (Å²) in [6, 6.07) is 8.01. The number of fused-ring (bicyclic) bond motifs is 1. The van der Waals surface area contributed by atoms with Gasteiger partial charge in [-0.25, -0.2) is 4.98 Å². The van der Waals surface area contributed by atoms with Gasteiger partial charge in [0, 0.05) is 14.2 Å². The van der Waals surface area contributed by atoms with E-state index in [-0.39, 0.29) is 18.7 Å². The lowest BCUT2D eigenvalue weighted by Crippen LogP contribution is -2.38. The Balaban J connectivity index is 2.21. The van der Waals surface area contributed by atoms with Crippen molar-refractivity contribution in [3.05, 3.63) is 30.1 Å². The lowest BCUT2D eigenvalue weighted by molar-refractivity contribution is 0.122. The van der Waals surface area contributed by atoms with Crippen LogP contribution in [0.5, 0.6) is 0 Å². The number of ether oxygens (including phenoxy) is 1. The predicted octanol–water partition coefficient (Wildman–Crippen LogP) is 1.23. The zero-order valence-electron chi connectivity index (χ0n) is 11.6. The van der Waals surface area contributed by atoms with E-state index in [2.05, 4.69) is 20.9 Å². The first-order chi connectivity index (χ1) is 9.17. The molecule has 1 aromatic heterocycles. The van der Waals surface area contributed by atoms with Gasteiger partial charge >= 0.3 is 0 Å². The molecule has 0 saturated heterocycles. The summed E-state index contributed by atoms with van der Waals surface area (Å²) in [5.74, 6) is 0.954. The van der Waals surface area contributed by atoms with Crippen LogP contribution in [0.15, 0.2) is 24.3 Å².